The van der Waals surface area contributed by atoms with Crippen molar-refractivity contribution in [2.45, 2.75) is 11.4 Å². The second kappa shape index (κ2) is 10.5. The second-order valence-electron chi connectivity index (χ2n) is 7.78. The highest BCUT2D eigenvalue weighted by Crippen LogP contribution is 2.31. The van der Waals surface area contributed by atoms with Gasteiger partial charge in [-0.05, 0) is 54.1 Å². The predicted molar refractivity (Wildman–Crippen MR) is 134 cm³/mol. The highest BCUT2D eigenvalue weighted by atomic mass is 32.2. The monoisotopic (exact) mass is 483 g/mol. The minimum Gasteiger partial charge on any atom is -0.493 e. The lowest BCUT2D eigenvalue weighted by Crippen LogP contribution is -2.27. The van der Waals surface area contributed by atoms with Crippen LogP contribution in [0, 0.1) is 0 Å². The Bertz CT molecular complexity index is 1240. The van der Waals surface area contributed by atoms with Gasteiger partial charge >= 0.3 is 0 Å². The number of amides is 1. The molecule has 0 unspecified atom stereocenters. The molecule has 3 aromatic rings. The molecule has 0 saturated carbocycles. The van der Waals surface area contributed by atoms with Crippen molar-refractivity contribution >= 4 is 27.3 Å². The molecule has 0 spiro atoms. The maximum atomic E-state index is 13.1. The molecule has 3 rings (SSSR count). The molecule has 0 saturated heterocycles. The highest BCUT2D eigenvalue weighted by Gasteiger charge is 2.23. The molecule has 0 heterocycles. The van der Waals surface area contributed by atoms with Crippen LogP contribution in [0.1, 0.15) is 15.9 Å². The number of hydrogen-bond acceptors (Lipinski definition) is 6. The van der Waals surface area contributed by atoms with E-state index in [4.69, 9.17) is 9.47 Å². The van der Waals surface area contributed by atoms with E-state index in [9.17, 15) is 13.2 Å². The molecule has 3 aromatic carbocycles. The van der Waals surface area contributed by atoms with E-state index in [0.29, 0.717) is 29.3 Å². The fourth-order valence-electron chi connectivity index (χ4n) is 3.29. The summed E-state index contributed by atoms with van der Waals surface area (Å²) in [6.45, 7) is 0.391. The van der Waals surface area contributed by atoms with E-state index in [-0.39, 0.29) is 10.8 Å². The Morgan fingerprint density at radius 2 is 1.41 bits per heavy atom. The summed E-state index contributed by atoms with van der Waals surface area (Å²) in [4.78, 5) is 14.6. The van der Waals surface area contributed by atoms with Gasteiger partial charge in [-0.3, -0.25) is 9.10 Å². The van der Waals surface area contributed by atoms with Crippen LogP contribution in [0.4, 0.5) is 11.4 Å². The third-order valence-electron chi connectivity index (χ3n) is 5.41. The van der Waals surface area contributed by atoms with E-state index >= 15 is 0 Å². The first kappa shape index (κ1) is 24.9. The van der Waals surface area contributed by atoms with Crippen molar-refractivity contribution in [2.24, 2.45) is 0 Å². The zero-order valence-electron chi connectivity index (χ0n) is 19.9. The third kappa shape index (κ3) is 5.43. The van der Waals surface area contributed by atoms with Crippen LogP contribution in [0.2, 0.25) is 0 Å². The van der Waals surface area contributed by atoms with Gasteiger partial charge in [0.25, 0.3) is 15.9 Å². The Hall–Kier alpha value is -3.72. The van der Waals surface area contributed by atoms with Gasteiger partial charge in [-0.25, -0.2) is 8.42 Å². The minimum absolute atomic E-state index is 0.0646. The van der Waals surface area contributed by atoms with Crippen molar-refractivity contribution in [3.63, 3.8) is 0 Å². The number of hydrogen-bond donors (Lipinski definition) is 1. The number of methoxy groups -OCH3 is 2. The Kier molecular flexibility index (Phi) is 7.68. The van der Waals surface area contributed by atoms with Crippen LogP contribution >= 0.6 is 0 Å². The molecular formula is C25H29N3O5S. The molecule has 0 fully saturated rings. The lowest BCUT2D eigenvalue weighted by atomic mass is 10.1. The number of anilines is 2. The van der Waals surface area contributed by atoms with Crippen molar-refractivity contribution in [1.82, 2.24) is 5.32 Å². The first-order chi connectivity index (χ1) is 16.2. The first-order valence-electron chi connectivity index (χ1n) is 10.5. The molecule has 0 aliphatic rings. The van der Waals surface area contributed by atoms with E-state index in [2.05, 4.69) is 5.32 Å². The number of sulfonamides is 1. The lowest BCUT2D eigenvalue weighted by molar-refractivity contribution is 0.0951. The van der Waals surface area contributed by atoms with Crippen molar-refractivity contribution in [3.05, 3.63) is 77.9 Å². The molecule has 180 valence electrons. The fourth-order valence-corrected chi connectivity index (χ4v) is 4.50. The van der Waals surface area contributed by atoms with Crippen LogP contribution in [0.15, 0.2) is 71.6 Å². The maximum Gasteiger partial charge on any atom is 0.264 e. The van der Waals surface area contributed by atoms with E-state index in [1.54, 1.807) is 30.3 Å². The van der Waals surface area contributed by atoms with Gasteiger partial charge in [-0.15, -0.1) is 0 Å². The number of nitrogens with one attached hydrogen (secondary N) is 1. The minimum atomic E-state index is -3.84. The maximum absolute atomic E-state index is 13.1. The molecule has 0 aromatic heterocycles. The average Bonchev–Trinajstić information content (AvgIpc) is 2.86. The predicted octanol–water partition coefficient (Wildman–Crippen LogP) is 3.52. The van der Waals surface area contributed by atoms with Gasteiger partial charge in [0.05, 0.1) is 24.8 Å². The van der Waals surface area contributed by atoms with Crippen LogP contribution in [0.3, 0.4) is 0 Å². The van der Waals surface area contributed by atoms with Gasteiger partial charge in [0, 0.05) is 45.0 Å². The summed E-state index contributed by atoms with van der Waals surface area (Å²) in [6.07, 6.45) is 0. The van der Waals surface area contributed by atoms with Gasteiger partial charge in [0.15, 0.2) is 11.5 Å². The summed E-state index contributed by atoms with van der Waals surface area (Å²) in [5, 5.41) is 2.88. The quantitative estimate of drug-likeness (QED) is 0.501. The van der Waals surface area contributed by atoms with E-state index in [1.165, 1.54) is 33.4 Å². The first-order valence-corrected chi connectivity index (χ1v) is 12.0. The highest BCUT2D eigenvalue weighted by molar-refractivity contribution is 7.92. The normalized spacial score (nSPS) is 11.0. The van der Waals surface area contributed by atoms with Crippen LogP contribution in [-0.4, -0.2) is 49.7 Å². The van der Waals surface area contributed by atoms with Crippen LogP contribution in [0.5, 0.6) is 11.5 Å². The number of carbonyl (C=O) groups excluding carboxylic acids is 1. The van der Waals surface area contributed by atoms with Crippen LogP contribution in [0.25, 0.3) is 0 Å². The zero-order valence-corrected chi connectivity index (χ0v) is 20.7. The number of rotatable bonds is 9. The second-order valence-corrected chi connectivity index (χ2v) is 9.75. The van der Waals surface area contributed by atoms with Gasteiger partial charge in [-0.2, -0.15) is 0 Å². The van der Waals surface area contributed by atoms with Gasteiger partial charge in [-0.1, -0.05) is 12.1 Å². The standard InChI is InChI=1S/C25H29N3O5S/c1-27(2)20-10-6-18(7-11-20)17-26-25(29)19-8-12-21(13-9-19)28(3)34(30,31)22-14-15-23(32-4)24(16-22)33-5/h6-16H,17H2,1-5H3,(H,26,29). The summed E-state index contributed by atoms with van der Waals surface area (Å²) >= 11 is 0. The number of nitrogens with zero attached hydrogens (tertiary/aromatic N) is 2. The van der Waals surface area contributed by atoms with Gasteiger partial charge < -0.3 is 19.7 Å². The Morgan fingerprint density at radius 1 is 0.824 bits per heavy atom. The van der Waals surface area contributed by atoms with E-state index in [1.807, 2.05) is 43.3 Å². The molecule has 0 atom stereocenters. The van der Waals surface area contributed by atoms with Crippen molar-refractivity contribution in [2.75, 3.05) is 44.6 Å². The number of benzene rings is 3. The summed E-state index contributed by atoms with van der Waals surface area (Å²) < 4.78 is 37.7. The van der Waals surface area contributed by atoms with Gasteiger partial charge in [0.2, 0.25) is 0 Å². The van der Waals surface area contributed by atoms with Crippen LogP contribution in [-0.2, 0) is 16.6 Å². The smallest absolute Gasteiger partial charge is 0.264 e. The average molecular weight is 484 g/mol. The van der Waals surface area contributed by atoms with E-state index < -0.39 is 10.0 Å². The summed E-state index contributed by atoms with van der Waals surface area (Å²) in [6, 6.07) is 18.7. The Labute approximate surface area is 200 Å². The molecule has 0 bridgehead atoms. The van der Waals surface area contributed by atoms with Crippen molar-refractivity contribution < 1.29 is 22.7 Å². The fraction of sp³-hybridized carbons (Fsp3) is 0.240. The van der Waals surface area contributed by atoms with Gasteiger partial charge in [0.1, 0.15) is 0 Å². The summed E-state index contributed by atoms with van der Waals surface area (Å²) in [5.41, 5.74) is 2.92. The molecule has 34 heavy (non-hydrogen) atoms. The molecular weight excluding hydrogens is 454 g/mol. The third-order valence-corrected chi connectivity index (χ3v) is 7.19. The SMILES string of the molecule is COc1ccc(S(=O)(=O)N(C)c2ccc(C(=O)NCc3ccc(N(C)C)cc3)cc2)cc1OC. The van der Waals surface area contributed by atoms with E-state index in [0.717, 1.165) is 15.6 Å². The molecule has 0 radical (unpaired) electrons. The number of ether oxygens (including phenoxy) is 2. The summed E-state index contributed by atoms with van der Waals surface area (Å²) in [7, 11) is 4.48. The Morgan fingerprint density at radius 3 is 1.97 bits per heavy atom. The molecule has 9 heteroatoms. The van der Waals surface area contributed by atoms with Crippen LogP contribution < -0.4 is 24.0 Å². The molecule has 0 aliphatic heterocycles. The summed E-state index contributed by atoms with van der Waals surface area (Å²) in [5.74, 6) is 0.516. The topological polar surface area (TPSA) is 88.2 Å². The Balaban J connectivity index is 1.69. The van der Waals surface area contributed by atoms with Crippen molar-refractivity contribution in [1.29, 1.82) is 0 Å². The molecule has 1 amide bonds. The molecule has 0 aliphatic carbocycles. The molecule has 1 N–H and O–H groups in total. The van der Waals surface area contributed by atoms with Crippen molar-refractivity contribution in [3.8, 4) is 11.5 Å². The molecule has 8 nitrogen and oxygen atoms in total. The largest absolute Gasteiger partial charge is 0.493 e. The lowest BCUT2D eigenvalue weighted by Gasteiger charge is -2.20. The number of carbonyl (C=O) groups is 1. The zero-order chi connectivity index (χ0) is 24.9.